The van der Waals surface area contributed by atoms with Gasteiger partial charge < -0.3 is 10.1 Å². The highest BCUT2D eigenvalue weighted by atomic mass is 35.5. The van der Waals surface area contributed by atoms with Gasteiger partial charge in [0.1, 0.15) is 0 Å². The Hall–Kier alpha value is -2.20. The third-order valence-corrected chi connectivity index (χ3v) is 3.11. The molecular weight excluding hydrogens is 288 g/mol. The lowest BCUT2D eigenvalue weighted by Crippen LogP contribution is -2.13. The van der Waals surface area contributed by atoms with Gasteiger partial charge in [0.05, 0.1) is 6.61 Å². The molecule has 0 saturated carbocycles. The van der Waals surface area contributed by atoms with Gasteiger partial charge in [-0.15, -0.1) is 0 Å². The van der Waals surface area contributed by atoms with Crippen LogP contribution in [-0.4, -0.2) is 12.7 Å². The molecule has 0 fully saturated rings. The zero-order chi connectivity index (χ0) is 15.2. The first kappa shape index (κ1) is 15.2. The molecule has 0 aliphatic carbocycles. The molecule has 21 heavy (non-hydrogen) atoms. The smallest absolute Gasteiger partial charge is 0.411 e. The molecule has 0 radical (unpaired) electrons. The van der Waals surface area contributed by atoms with E-state index >= 15 is 0 Å². The predicted octanol–water partition coefficient (Wildman–Crippen LogP) is 4.96. The van der Waals surface area contributed by atoms with Gasteiger partial charge in [0.25, 0.3) is 0 Å². The Balaban J connectivity index is 2.03. The highest BCUT2D eigenvalue weighted by Crippen LogP contribution is 2.24. The summed E-state index contributed by atoms with van der Waals surface area (Å²) in [4.78, 5) is 11.3. The van der Waals surface area contributed by atoms with Crippen LogP contribution in [0.1, 0.15) is 12.5 Å². The van der Waals surface area contributed by atoms with Crippen molar-refractivity contribution in [2.24, 2.45) is 0 Å². The minimum absolute atomic E-state index is 0.349. The molecule has 0 saturated heterocycles. The van der Waals surface area contributed by atoms with Gasteiger partial charge in [0, 0.05) is 22.1 Å². The average molecular weight is 305 g/mol. The highest BCUT2D eigenvalue weighted by molar-refractivity contribution is 6.30. The number of carbonyl (C=O) groups excluding carboxylic acids is 1. The van der Waals surface area contributed by atoms with Crippen LogP contribution < -0.4 is 10.6 Å². The molecule has 1 amide bonds. The number of rotatable bonds is 4. The molecule has 2 aromatic carbocycles. The fraction of sp³-hybridized carbons (Fsp3) is 0.188. The second-order valence-corrected chi connectivity index (χ2v) is 4.94. The van der Waals surface area contributed by atoms with E-state index in [0.29, 0.717) is 17.3 Å². The molecular formula is C16H17ClN2O2. The van der Waals surface area contributed by atoms with E-state index in [2.05, 4.69) is 10.6 Å². The molecule has 110 valence electrons. The highest BCUT2D eigenvalue weighted by Gasteiger charge is 2.03. The van der Waals surface area contributed by atoms with Crippen LogP contribution >= 0.6 is 11.6 Å². The Kier molecular flexibility index (Phi) is 5.06. The molecule has 2 rings (SSSR count). The first-order valence-electron chi connectivity index (χ1n) is 6.65. The van der Waals surface area contributed by atoms with E-state index in [1.54, 1.807) is 6.92 Å². The molecule has 4 nitrogen and oxygen atoms in total. The van der Waals surface area contributed by atoms with Crippen molar-refractivity contribution >= 4 is 34.8 Å². The van der Waals surface area contributed by atoms with E-state index in [1.165, 1.54) is 0 Å². The normalized spacial score (nSPS) is 10.0. The van der Waals surface area contributed by atoms with Crippen LogP contribution in [0.4, 0.5) is 21.9 Å². The largest absolute Gasteiger partial charge is 0.450 e. The fourth-order valence-corrected chi connectivity index (χ4v) is 2.07. The van der Waals surface area contributed by atoms with Gasteiger partial charge in [-0.2, -0.15) is 0 Å². The Morgan fingerprint density at radius 2 is 1.81 bits per heavy atom. The third kappa shape index (κ3) is 4.39. The SMILES string of the molecule is CCOC(=O)Nc1ccc(Nc2ccc(Cl)cc2C)cc1. The van der Waals surface area contributed by atoms with Gasteiger partial charge in [-0.1, -0.05) is 11.6 Å². The van der Waals surface area contributed by atoms with Crippen molar-refractivity contribution in [3.63, 3.8) is 0 Å². The summed E-state index contributed by atoms with van der Waals surface area (Å²) in [5, 5.41) is 6.66. The molecule has 0 heterocycles. The topological polar surface area (TPSA) is 50.4 Å². The first-order chi connectivity index (χ1) is 10.1. The van der Waals surface area contributed by atoms with Crippen molar-refractivity contribution in [2.75, 3.05) is 17.2 Å². The quantitative estimate of drug-likeness (QED) is 0.839. The lowest BCUT2D eigenvalue weighted by molar-refractivity contribution is 0.168. The van der Waals surface area contributed by atoms with Crippen molar-refractivity contribution in [1.82, 2.24) is 0 Å². The number of amides is 1. The molecule has 5 heteroatoms. The molecule has 0 bridgehead atoms. The number of ether oxygens (including phenoxy) is 1. The fourth-order valence-electron chi connectivity index (χ4n) is 1.84. The second kappa shape index (κ2) is 6.99. The molecule has 0 spiro atoms. The van der Waals surface area contributed by atoms with E-state index in [1.807, 2.05) is 49.4 Å². The third-order valence-electron chi connectivity index (χ3n) is 2.87. The lowest BCUT2D eigenvalue weighted by Gasteiger charge is -2.11. The minimum atomic E-state index is -0.452. The Labute approximate surface area is 129 Å². The molecule has 0 aliphatic rings. The molecule has 0 aliphatic heterocycles. The van der Waals surface area contributed by atoms with Crippen LogP contribution in [0.5, 0.6) is 0 Å². The van der Waals surface area contributed by atoms with Crippen LogP contribution in [0.25, 0.3) is 0 Å². The van der Waals surface area contributed by atoms with E-state index in [-0.39, 0.29) is 0 Å². The first-order valence-corrected chi connectivity index (χ1v) is 7.03. The molecule has 2 aromatic rings. The maximum Gasteiger partial charge on any atom is 0.411 e. The average Bonchev–Trinajstić information content (AvgIpc) is 2.44. The summed E-state index contributed by atoms with van der Waals surface area (Å²) in [7, 11) is 0. The van der Waals surface area contributed by atoms with Crippen LogP contribution in [0, 0.1) is 6.92 Å². The monoisotopic (exact) mass is 304 g/mol. The zero-order valence-electron chi connectivity index (χ0n) is 11.9. The van der Waals surface area contributed by atoms with Gasteiger partial charge in [-0.25, -0.2) is 4.79 Å². The van der Waals surface area contributed by atoms with Gasteiger partial charge in [0.15, 0.2) is 0 Å². The zero-order valence-corrected chi connectivity index (χ0v) is 12.7. The Morgan fingerprint density at radius 3 is 2.43 bits per heavy atom. The standard InChI is InChI=1S/C16H17ClN2O2/c1-3-21-16(20)19-14-7-5-13(6-8-14)18-15-9-4-12(17)10-11(15)2/h4-10,18H,3H2,1-2H3,(H,19,20). The number of aryl methyl sites for hydroxylation is 1. The second-order valence-electron chi connectivity index (χ2n) is 4.51. The number of hydrogen-bond acceptors (Lipinski definition) is 3. The number of carbonyl (C=O) groups is 1. The van der Waals surface area contributed by atoms with Crippen LogP contribution in [0.2, 0.25) is 5.02 Å². The maximum absolute atomic E-state index is 11.3. The summed E-state index contributed by atoms with van der Waals surface area (Å²) in [6, 6.07) is 13.1. The van der Waals surface area contributed by atoms with Crippen molar-refractivity contribution in [3.8, 4) is 0 Å². The van der Waals surface area contributed by atoms with Gasteiger partial charge in [0.2, 0.25) is 0 Å². The Bertz CT molecular complexity index is 627. The van der Waals surface area contributed by atoms with Crippen LogP contribution in [0.3, 0.4) is 0 Å². The molecule has 2 N–H and O–H groups in total. The summed E-state index contributed by atoms with van der Waals surface area (Å²) in [6.07, 6.45) is -0.452. The van der Waals surface area contributed by atoms with E-state index in [9.17, 15) is 4.79 Å². The van der Waals surface area contributed by atoms with Gasteiger partial charge >= 0.3 is 6.09 Å². The van der Waals surface area contributed by atoms with E-state index < -0.39 is 6.09 Å². The summed E-state index contributed by atoms with van der Waals surface area (Å²) in [5.74, 6) is 0. The number of halogens is 1. The predicted molar refractivity (Wildman–Crippen MR) is 86.6 cm³/mol. The summed E-state index contributed by atoms with van der Waals surface area (Å²) < 4.78 is 4.82. The van der Waals surface area contributed by atoms with Gasteiger partial charge in [-0.3, -0.25) is 5.32 Å². The number of anilines is 3. The number of hydrogen-bond donors (Lipinski definition) is 2. The maximum atomic E-state index is 11.3. The number of benzene rings is 2. The number of nitrogens with one attached hydrogen (secondary N) is 2. The van der Waals surface area contributed by atoms with Crippen LogP contribution in [0.15, 0.2) is 42.5 Å². The van der Waals surface area contributed by atoms with Crippen molar-refractivity contribution in [1.29, 1.82) is 0 Å². The lowest BCUT2D eigenvalue weighted by atomic mass is 10.2. The molecule has 0 aromatic heterocycles. The summed E-state index contributed by atoms with van der Waals surface area (Å²) >= 11 is 5.94. The Morgan fingerprint density at radius 1 is 1.14 bits per heavy atom. The van der Waals surface area contributed by atoms with Crippen molar-refractivity contribution in [2.45, 2.75) is 13.8 Å². The molecule has 0 atom stereocenters. The van der Waals surface area contributed by atoms with Crippen molar-refractivity contribution < 1.29 is 9.53 Å². The van der Waals surface area contributed by atoms with E-state index in [4.69, 9.17) is 16.3 Å². The van der Waals surface area contributed by atoms with Crippen LogP contribution in [-0.2, 0) is 4.74 Å². The van der Waals surface area contributed by atoms with Crippen molar-refractivity contribution in [3.05, 3.63) is 53.1 Å². The summed E-state index contributed by atoms with van der Waals surface area (Å²) in [6.45, 7) is 4.10. The summed E-state index contributed by atoms with van der Waals surface area (Å²) in [5.41, 5.74) is 3.67. The van der Waals surface area contributed by atoms with E-state index in [0.717, 1.165) is 16.9 Å². The minimum Gasteiger partial charge on any atom is -0.450 e. The van der Waals surface area contributed by atoms with Gasteiger partial charge in [-0.05, 0) is 61.9 Å². The molecule has 0 unspecified atom stereocenters.